The van der Waals surface area contributed by atoms with E-state index in [4.69, 9.17) is 0 Å². The minimum atomic E-state index is -1.01. The summed E-state index contributed by atoms with van der Waals surface area (Å²) in [6.07, 6.45) is 0.0912. The molecule has 0 bridgehead atoms. The molecule has 98 valence electrons. The van der Waals surface area contributed by atoms with E-state index in [1.807, 2.05) is 0 Å². The van der Waals surface area contributed by atoms with Gasteiger partial charge >= 0.3 is 0 Å². The van der Waals surface area contributed by atoms with Crippen LogP contribution in [0.2, 0.25) is 0 Å². The molecule has 1 aliphatic rings. The lowest BCUT2D eigenvalue weighted by Crippen LogP contribution is -2.41. The number of nitrogens with zero attached hydrogens (tertiary/aromatic N) is 1. The SMILES string of the molecule is Cc1ccc(F)c(C(=O)N2CCCC(F)C2)c1Br. The Labute approximate surface area is 113 Å². The number of hydrogen-bond donors (Lipinski definition) is 0. The molecular weight excluding hydrogens is 304 g/mol. The van der Waals surface area contributed by atoms with Crippen LogP contribution in [0.5, 0.6) is 0 Å². The van der Waals surface area contributed by atoms with Crippen molar-refractivity contribution >= 4 is 21.8 Å². The lowest BCUT2D eigenvalue weighted by atomic mass is 10.1. The van der Waals surface area contributed by atoms with Crippen LogP contribution in [-0.2, 0) is 0 Å². The van der Waals surface area contributed by atoms with Gasteiger partial charge in [0.25, 0.3) is 5.91 Å². The Kier molecular flexibility index (Phi) is 4.00. The van der Waals surface area contributed by atoms with Crippen molar-refractivity contribution in [3.05, 3.63) is 33.5 Å². The molecule has 1 unspecified atom stereocenters. The van der Waals surface area contributed by atoms with E-state index < -0.39 is 17.9 Å². The second kappa shape index (κ2) is 5.34. The maximum atomic E-state index is 13.8. The number of hydrogen-bond acceptors (Lipinski definition) is 1. The van der Waals surface area contributed by atoms with Gasteiger partial charge in [-0.25, -0.2) is 8.78 Å². The molecule has 1 aromatic rings. The molecule has 1 atom stereocenters. The van der Waals surface area contributed by atoms with Gasteiger partial charge < -0.3 is 4.90 Å². The Morgan fingerprint density at radius 2 is 2.22 bits per heavy atom. The molecule has 1 amide bonds. The minimum Gasteiger partial charge on any atom is -0.336 e. The van der Waals surface area contributed by atoms with E-state index in [0.29, 0.717) is 23.9 Å². The second-order valence-electron chi connectivity index (χ2n) is 4.54. The first kappa shape index (κ1) is 13.5. The number of alkyl halides is 1. The molecule has 0 aliphatic carbocycles. The van der Waals surface area contributed by atoms with Gasteiger partial charge in [-0.1, -0.05) is 6.07 Å². The van der Waals surface area contributed by atoms with Crippen LogP contribution in [0, 0.1) is 12.7 Å². The molecule has 1 saturated heterocycles. The Balaban J connectivity index is 2.31. The molecule has 0 radical (unpaired) electrons. The van der Waals surface area contributed by atoms with E-state index in [0.717, 1.165) is 5.56 Å². The van der Waals surface area contributed by atoms with Crippen molar-refractivity contribution in [3.63, 3.8) is 0 Å². The number of carbonyl (C=O) groups excluding carboxylic acids is 1. The Bertz CT molecular complexity index is 478. The van der Waals surface area contributed by atoms with Crippen LogP contribution in [0.3, 0.4) is 0 Å². The average molecular weight is 318 g/mol. The third-order valence-corrected chi connectivity index (χ3v) is 4.17. The van der Waals surface area contributed by atoms with Crippen molar-refractivity contribution in [2.24, 2.45) is 0 Å². The normalized spacial score (nSPS) is 20.0. The predicted molar refractivity (Wildman–Crippen MR) is 68.9 cm³/mol. The largest absolute Gasteiger partial charge is 0.336 e. The number of benzene rings is 1. The highest BCUT2D eigenvalue weighted by molar-refractivity contribution is 9.10. The summed E-state index contributed by atoms with van der Waals surface area (Å²) >= 11 is 3.23. The van der Waals surface area contributed by atoms with Gasteiger partial charge in [-0.05, 0) is 47.3 Å². The lowest BCUT2D eigenvalue weighted by molar-refractivity contribution is 0.0630. The maximum absolute atomic E-state index is 13.8. The van der Waals surface area contributed by atoms with Gasteiger partial charge in [0.2, 0.25) is 0 Å². The third kappa shape index (κ3) is 2.55. The molecule has 2 rings (SSSR count). The third-order valence-electron chi connectivity index (χ3n) is 3.15. The monoisotopic (exact) mass is 317 g/mol. The van der Waals surface area contributed by atoms with E-state index in [1.54, 1.807) is 13.0 Å². The number of aryl methyl sites for hydroxylation is 1. The molecule has 0 spiro atoms. The Morgan fingerprint density at radius 1 is 1.50 bits per heavy atom. The summed E-state index contributed by atoms with van der Waals surface area (Å²) in [5, 5.41) is 0. The molecule has 5 heteroatoms. The molecule has 0 N–H and O–H groups in total. The van der Waals surface area contributed by atoms with Gasteiger partial charge in [-0.15, -0.1) is 0 Å². The van der Waals surface area contributed by atoms with Crippen LogP contribution in [0.15, 0.2) is 16.6 Å². The lowest BCUT2D eigenvalue weighted by Gasteiger charge is -2.29. The van der Waals surface area contributed by atoms with Gasteiger partial charge in [-0.3, -0.25) is 4.79 Å². The summed E-state index contributed by atoms with van der Waals surface area (Å²) in [5.74, 6) is -1.01. The number of amides is 1. The summed E-state index contributed by atoms with van der Waals surface area (Å²) in [4.78, 5) is 13.6. The molecule has 1 fully saturated rings. The quantitative estimate of drug-likeness (QED) is 0.776. The van der Waals surface area contributed by atoms with Crippen molar-refractivity contribution in [3.8, 4) is 0 Å². The number of halogens is 3. The van der Waals surface area contributed by atoms with Crippen molar-refractivity contribution in [2.45, 2.75) is 25.9 Å². The zero-order valence-corrected chi connectivity index (χ0v) is 11.6. The first-order valence-corrected chi connectivity index (χ1v) is 6.68. The Morgan fingerprint density at radius 3 is 2.89 bits per heavy atom. The van der Waals surface area contributed by atoms with Crippen molar-refractivity contribution in [1.82, 2.24) is 4.90 Å². The zero-order valence-electron chi connectivity index (χ0n) is 10.0. The second-order valence-corrected chi connectivity index (χ2v) is 5.34. The van der Waals surface area contributed by atoms with E-state index in [9.17, 15) is 13.6 Å². The summed E-state index contributed by atoms with van der Waals surface area (Å²) in [6, 6.07) is 2.87. The summed E-state index contributed by atoms with van der Waals surface area (Å²) in [6.45, 7) is 2.33. The average Bonchev–Trinajstić information content (AvgIpc) is 2.34. The highest BCUT2D eigenvalue weighted by Gasteiger charge is 2.27. The molecule has 0 aromatic heterocycles. The topological polar surface area (TPSA) is 20.3 Å². The number of carbonyl (C=O) groups is 1. The highest BCUT2D eigenvalue weighted by Crippen LogP contribution is 2.26. The van der Waals surface area contributed by atoms with Gasteiger partial charge in [0.05, 0.1) is 12.1 Å². The van der Waals surface area contributed by atoms with Crippen LogP contribution in [-0.4, -0.2) is 30.1 Å². The molecular formula is C13H14BrF2NO. The molecule has 0 saturated carbocycles. The highest BCUT2D eigenvalue weighted by atomic mass is 79.9. The van der Waals surface area contributed by atoms with Gasteiger partial charge in [0.15, 0.2) is 0 Å². The maximum Gasteiger partial charge on any atom is 0.258 e. The van der Waals surface area contributed by atoms with Gasteiger partial charge in [0.1, 0.15) is 12.0 Å². The summed E-state index contributed by atoms with van der Waals surface area (Å²) in [5.41, 5.74) is 0.789. The smallest absolute Gasteiger partial charge is 0.258 e. The zero-order chi connectivity index (χ0) is 13.3. The van der Waals surface area contributed by atoms with Crippen molar-refractivity contribution in [2.75, 3.05) is 13.1 Å². The van der Waals surface area contributed by atoms with E-state index >= 15 is 0 Å². The Hall–Kier alpha value is -0.970. The summed E-state index contributed by atoms with van der Waals surface area (Å²) < 4.78 is 27.5. The van der Waals surface area contributed by atoms with Crippen LogP contribution < -0.4 is 0 Å². The fourth-order valence-electron chi connectivity index (χ4n) is 2.12. The van der Waals surface area contributed by atoms with Crippen LogP contribution >= 0.6 is 15.9 Å². The van der Waals surface area contributed by atoms with E-state index in [2.05, 4.69) is 15.9 Å². The summed E-state index contributed by atoms with van der Waals surface area (Å²) in [7, 11) is 0. The minimum absolute atomic E-state index is 0.00380. The first-order valence-electron chi connectivity index (χ1n) is 5.88. The fourth-order valence-corrected chi connectivity index (χ4v) is 2.61. The van der Waals surface area contributed by atoms with Crippen LogP contribution in [0.1, 0.15) is 28.8 Å². The van der Waals surface area contributed by atoms with Crippen LogP contribution in [0.25, 0.3) is 0 Å². The van der Waals surface area contributed by atoms with Crippen molar-refractivity contribution in [1.29, 1.82) is 0 Å². The standard InChI is InChI=1S/C13H14BrF2NO/c1-8-4-5-10(16)11(12(8)14)13(18)17-6-2-3-9(15)7-17/h4-5,9H,2-3,6-7H2,1H3. The first-order chi connectivity index (χ1) is 8.50. The molecule has 1 aromatic carbocycles. The molecule has 2 nitrogen and oxygen atoms in total. The van der Waals surface area contributed by atoms with Crippen molar-refractivity contribution < 1.29 is 13.6 Å². The molecule has 1 heterocycles. The van der Waals surface area contributed by atoms with Crippen LogP contribution in [0.4, 0.5) is 8.78 Å². The fraction of sp³-hybridized carbons (Fsp3) is 0.462. The molecule has 18 heavy (non-hydrogen) atoms. The predicted octanol–water partition coefficient (Wildman–Crippen LogP) is 3.47. The molecule has 1 aliphatic heterocycles. The van der Waals surface area contributed by atoms with E-state index in [1.165, 1.54) is 11.0 Å². The van der Waals surface area contributed by atoms with Gasteiger partial charge in [0, 0.05) is 11.0 Å². The number of likely N-dealkylation sites (tertiary alicyclic amines) is 1. The van der Waals surface area contributed by atoms with Gasteiger partial charge in [-0.2, -0.15) is 0 Å². The number of piperidine rings is 1. The van der Waals surface area contributed by atoms with E-state index in [-0.39, 0.29) is 12.1 Å². The number of rotatable bonds is 1.